The molecule has 0 amide bonds. The maximum absolute atomic E-state index is 5.24. The molecular formula is C16H22N4O. The quantitative estimate of drug-likeness (QED) is 0.846. The van der Waals surface area contributed by atoms with Crippen LogP contribution >= 0.6 is 0 Å². The Kier molecular flexibility index (Phi) is 3.66. The van der Waals surface area contributed by atoms with Crippen molar-refractivity contribution in [3.05, 3.63) is 24.2 Å². The van der Waals surface area contributed by atoms with E-state index < -0.39 is 0 Å². The zero-order valence-electron chi connectivity index (χ0n) is 13.0. The molecule has 2 aromatic rings. The topological polar surface area (TPSA) is 55.1 Å². The van der Waals surface area contributed by atoms with Crippen LogP contribution in [0.1, 0.15) is 38.9 Å². The van der Waals surface area contributed by atoms with Crippen LogP contribution in [-0.2, 0) is 0 Å². The number of pyridine rings is 1. The fourth-order valence-electron chi connectivity index (χ4n) is 2.79. The minimum atomic E-state index is 0.427. The maximum atomic E-state index is 5.24. The standard InChI is InChI=1S/C16H22N4O/c1-12-18-15(21-19-12)13-5-8-17-14(11-13)20-9-4-6-16(2,3)7-10-20/h5,8,11H,4,6-7,9-10H2,1-3H3. The van der Waals surface area contributed by atoms with Gasteiger partial charge in [-0.1, -0.05) is 19.0 Å². The molecule has 3 rings (SSSR count). The third kappa shape index (κ3) is 3.23. The first-order chi connectivity index (χ1) is 10.0. The van der Waals surface area contributed by atoms with E-state index in [0.29, 0.717) is 17.1 Å². The van der Waals surface area contributed by atoms with Crippen LogP contribution in [0.25, 0.3) is 11.5 Å². The molecule has 0 aliphatic carbocycles. The Morgan fingerprint density at radius 2 is 2.10 bits per heavy atom. The molecule has 0 unspecified atom stereocenters. The fraction of sp³-hybridized carbons (Fsp3) is 0.562. The molecule has 0 N–H and O–H groups in total. The van der Waals surface area contributed by atoms with Crippen molar-refractivity contribution in [2.75, 3.05) is 18.0 Å². The summed E-state index contributed by atoms with van der Waals surface area (Å²) in [6, 6.07) is 3.96. The van der Waals surface area contributed by atoms with Gasteiger partial charge in [0.25, 0.3) is 5.89 Å². The van der Waals surface area contributed by atoms with Crippen LogP contribution in [0.15, 0.2) is 22.9 Å². The van der Waals surface area contributed by atoms with Gasteiger partial charge in [-0.15, -0.1) is 0 Å². The summed E-state index contributed by atoms with van der Waals surface area (Å²) in [5.74, 6) is 2.22. The molecule has 0 aromatic carbocycles. The van der Waals surface area contributed by atoms with E-state index in [1.807, 2.05) is 25.3 Å². The van der Waals surface area contributed by atoms with Crippen LogP contribution in [0.3, 0.4) is 0 Å². The Bertz CT molecular complexity index is 620. The smallest absolute Gasteiger partial charge is 0.258 e. The summed E-state index contributed by atoms with van der Waals surface area (Å²) >= 11 is 0. The number of aromatic nitrogens is 3. The molecule has 5 heteroatoms. The van der Waals surface area contributed by atoms with Gasteiger partial charge in [-0.3, -0.25) is 0 Å². The maximum Gasteiger partial charge on any atom is 0.258 e. The van der Waals surface area contributed by atoms with E-state index in [9.17, 15) is 0 Å². The van der Waals surface area contributed by atoms with Gasteiger partial charge < -0.3 is 9.42 Å². The van der Waals surface area contributed by atoms with E-state index in [2.05, 4.69) is 33.9 Å². The molecule has 0 spiro atoms. The second kappa shape index (κ2) is 5.47. The lowest BCUT2D eigenvalue weighted by Gasteiger charge is -2.24. The van der Waals surface area contributed by atoms with E-state index in [0.717, 1.165) is 24.5 Å². The van der Waals surface area contributed by atoms with Crippen molar-refractivity contribution in [1.29, 1.82) is 0 Å². The van der Waals surface area contributed by atoms with E-state index in [1.54, 1.807) is 0 Å². The third-order valence-electron chi connectivity index (χ3n) is 4.18. The van der Waals surface area contributed by atoms with Gasteiger partial charge in [-0.25, -0.2) is 4.98 Å². The van der Waals surface area contributed by atoms with Crippen molar-refractivity contribution in [1.82, 2.24) is 15.1 Å². The first kappa shape index (κ1) is 14.0. The largest absolute Gasteiger partial charge is 0.357 e. The Morgan fingerprint density at radius 3 is 2.86 bits per heavy atom. The lowest BCUT2D eigenvalue weighted by atomic mass is 9.85. The average Bonchev–Trinajstić information content (AvgIpc) is 2.80. The number of anilines is 1. The Morgan fingerprint density at radius 1 is 1.24 bits per heavy atom. The molecule has 1 aliphatic heterocycles. The van der Waals surface area contributed by atoms with Crippen LogP contribution in [-0.4, -0.2) is 28.2 Å². The Labute approximate surface area is 125 Å². The minimum absolute atomic E-state index is 0.427. The van der Waals surface area contributed by atoms with Crippen LogP contribution in [0.4, 0.5) is 5.82 Å². The summed E-state index contributed by atoms with van der Waals surface area (Å²) in [5.41, 5.74) is 1.36. The normalized spacial score (nSPS) is 18.5. The van der Waals surface area contributed by atoms with Gasteiger partial charge in [0.1, 0.15) is 5.82 Å². The van der Waals surface area contributed by atoms with Crippen molar-refractivity contribution in [3.63, 3.8) is 0 Å². The molecule has 0 saturated carbocycles. The first-order valence-corrected chi connectivity index (χ1v) is 7.55. The molecule has 0 radical (unpaired) electrons. The minimum Gasteiger partial charge on any atom is -0.357 e. The molecule has 0 bridgehead atoms. The Balaban J connectivity index is 1.83. The highest BCUT2D eigenvalue weighted by molar-refractivity contribution is 5.58. The molecule has 5 nitrogen and oxygen atoms in total. The molecule has 1 aliphatic rings. The summed E-state index contributed by atoms with van der Waals surface area (Å²) in [5, 5.41) is 3.85. The monoisotopic (exact) mass is 286 g/mol. The molecule has 2 aromatic heterocycles. The second-order valence-corrected chi connectivity index (χ2v) is 6.55. The van der Waals surface area contributed by atoms with Crippen molar-refractivity contribution in [2.24, 2.45) is 5.41 Å². The van der Waals surface area contributed by atoms with Crippen molar-refractivity contribution >= 4 is 5.82 Å². The van der Waals surface area contributed by atoms with Crippen molar-refractivity contribution < 1.29 is 4.52 Å². The zero-order valence-corrected chi connectivity index (χ0v) is 13.0. The number of hydrogen-bond donors (Lipinski definition) is 0. The number of hydrogen-bond acceptors (Lipinski definition) is 5. The molecule has 1 saturated heterocycles. The summed E-state index contributed by atoms with van der Waals surface area (Å²) in [4.78, 5) is 11.2. The molecule has 21 heavy (non-hydrogen) atoms. The molecule has 1 fully saturated rings. The third-order valence-corrected chi connectivity index (χ3v) is 4.18. The van der Waals surface area contributed by atoms with Crippen LogP contribution in [0.5, 0.6) is 0 Å². The van der Waals surface area contributed by atoms with E-state index in [-0.39, 0.29) is 0 Å². The molecule has 3 heterocycles. The van der Waals surface area contributed by atoms with Gasteiger partial charge in [-0.2, -0.15) is 4.98 Å². The zero-order chi connectivity index (χ0) is 14.9. The van der Waals surface area contributed by atoms with Crippen LogP contribution < -0.4 is 4.90 Å². The molecular weight excluding hydrogens is 264 g/mol. The second-order valence-electron chi connectivity index (χ2n) is 6.55. The predicted molar refractivity (Wildman–Crippen MR) is 82.1 cm³/mol. The summed E-state index contributed by atoms with van der Waals surface area (Å²) in [6.45, 7) is 8.63. The van der Waals surface area contributed by atoms with Crippen molar-refractivity contribution in [2.45, 2.75) is 40.0 Å². The van der Waals surface area contributed by atoms with Gasteiger partial charge in [0.2, 0.25) is 0 Å². The molecule has 112 valence electrons. The van der Waals surface area contributed by atoms with Gasteiger partial charge in [-0.05, 0) is 43.7 Å². The van der Waals surface area contributed by atoms with E-state index in [1.165, 1.54) is 19.3 Å². The summed E-state index contributed by atoms with van der Waals surface area (Å²) in [7, 11) is 0. The lowest BCUT2D eigenvalue weighted by molar-refractivity contribution is 0.325. The summed E-state index contributed by atoms with van der Waals surface area (Å²) in [6.07, 6.45) is 5.49. The van der Waals surface area contributed by atoms with E-state index >= 15 is 0 Å². The fourth-order valence-corrected chi connectivity index (χ4v) is 2.79. The highest BCUT2D eigenvalue weighted by atomic mass is 16.5. The first-order valence-electron chi connectivity index (χ1n) is 7.55. The number of aryl methyl sites for hydroxylation is 1. The highest BCUT2D eigenvalue weighted by Gasteiger charge is 2.23. The van der Waals surface area contributed by atoms with Crippen LogP contribution in [0.2, 0.25) is 0 Å². The van der Waals surface area contributed by atoms with E-state index in [4.69, 9.17) is 4.52 Å². The number of rotatable bonds is 2. The van der Waals surface area contributed by atoms with Gasteiger partial charge in [0.15, 0.2) is 5.82 Å². The average molecular weight is 286 g/mol. The molecule has 0 atom stereocenters. The van der Waals surface area contributed by atoms with Crippen LogP contribution in [0, 0.1) is 12.3 Å². The SMILES string of the molecule is Cc1noc(-c2ccnc(N3CCCC(C)(C)CC3)c2)n1. The van der Waals surface area contributed by atoms with Crippen molar-refractivity contribution in [3.8, 4) is 11.5 Å². The van der Waals surface area contributed by atoms with Gasteiger partial charge in [0, 0.05) is 24.8 Å². The lowest BCUT2D eigenvalue weighted by Crippen LogP contribution is -2.25. The highest BCUT2D eigenvalue weighted by Crippen LogP contribution is 2.31. The van der Waals surface area contributed by atoms with Gasteiger partial charge in [0.05, 0.1) is 0 Å². The summed E-state index contributed by atoms with van der Waals surface area (Å²) < 4.78 is 5.24. The Hall–Kier alpha value is -1.91. The predicted octanol–water partition coefficient (Wildman–Crippen LogP) is 3.46. The number of nitrogens with zero attached hydrogens (tertiary/aromatic N) is 4. The van der Waals surface area contributed by atoms with Gasteiger partial charge >= 0.3 is 0 Å².